The van der Waals surface area contributed by atoms with Crippen LogP contribution in [0.1, 0.15) is 29.3 Å². The van der Waals surface area contributed by atoms with E-state index in [1.165, 1.54) is 13.1 Å². The van der Waals surface area contributed by atoms with E-state index in [1.807, 2.05) is 0 Å². The smallest absolute Gasteiger partial charge is 0.216 e. The number of nitrogens with one attached hydrogen (secondary N) is 1. The van der Waals surface area contributed by atoms with Gasteiger partial charge in [0.2, 0.25) is 5.91 Å². The molecule has 0 fully saturated rings. The number of hydrogen-bond donors (Lipinski definition) is 4. The Hall–Kier alpha value is -1.02. The SMILES string of the molecule is CC(=O)NCCC(O)C(O)c1ncc(CO)s1. The highest BCUT2D eigenvalue weighted by Gasteiger charge is 2.21. The monoisotopic (exact) mass is 260 g/mol. The molecule has 0 spiro atoms. The molecule has 0 aliphatic heterocycles. The van der Waals surface area contributed by atoms with Crippen LogP contribution in [0.5, 0.6) is 0 Å². The molecule has 0 saturated heterocycles. The molecular formula is C10H16N2O4S. The van der Waals surface area contributed by atoms with Crippen LogP contribution >= 0.6 is 11.3 Å². The molecule has 96 valence electrons. The zero-order valence-corrected chi connectivity index (χ0v) is 10.3. The quantitative estimate of drug-likeness (QED) is 0.555. The number of thiazole rings is 1. The molecular weight excluding hydrogens is 244 g/mol. The number of aliphatic hydroxyl groups is 3. The van der Waals surface area contributed by atoms with Crippen molar-refractivity contribution < 1.29 is 20.1 Å². The summed E-state index contributed by atoms with van der Waals surface area (Å²) in [5, 5.41) is 31.2. The summed E-state index contributed by atoms with van der Waals surface area (Å²) in [5.41, 5.74) is 0. The normalized spacial score (nSPS) is 14.4. The molecule has 0 radical (unpaired) electrons. The Morgan fingerprint density at radius 3 is 2.82 bits per heavy atom. The van der Waals surface area contributed by atoms with Crippen LogP contribution in [0.25, 0.3) is 0 Å². The summed E-state index contributed by atoms with van der Waals surface area (Å²) in [6.45, 7) is 1.55. The van der Waals surface area contributed by atoms with Gasteiger partial charge in [-0.3, -0.25) is 4.79 Å². The molecule has 1 amide bonds. The van der Waals surface area contributed by atoms with Gasteiger partial charge in [-0.15, -0.1) is 11.3 Å². The van der Waals surface area contributed by atoms with E-state index in [9.17, 15) is 15.0 Å². The Kier molecular flexibility index (Phi) is 5.49. The first-order valence-corrected chi connectivity index (χ1v) is 6.02. The number of aliphatic hydroxyl groups excluding tert-OH is 3. The van der Waals surface area contributed by atoms with Crippen LogP contribution < -0.4 is 5.32 Å². The van der Waals surface area contributed by atoms with Gasteiger partial charge in [-0.25, -0.2) is 4.98 Å². The predicted octanol–water partition coefficient (Wildman–Crippen LogP) is -0.444. The van der Waals surface area contributed by atoms with Gasteiger partial charge < -0.3 is 20.6 Å². The van der Waals surface area contributed by atoms with Crippen molar-refractivity contribution in [1.29, 1.82) is 0 Å². The second-order valence-electron chi connectivity index (χ2n) is 3.61. The van der Waals surface area contributed by atoms with Gasteiger partial charge in [0.1, 0.15) is 11.1 Å². The second kappa shape index (κ2) is 6.65. The molecule has 4 N–H and O–H groups in total. The van der Waals surface area contributed by atoms with Crippen molar-refractivity contribution in [2.45, 2.75) is 32.2 Å². The predicted molar refractivity (Wildman–Crippen MR) is 62.3 cm³/mol. The number of carbonyl (C=O) groups is 1. The molecule has 1 aromatic heterocycles. The molecule has 2 unspecified atom stereocenters. The van der Waals surface area contributed by atoms with Crippen LogP contribution in [0.4, 0.5) is 0 Å². The lowest BCUT2D eigenvalue weighted by Crippen LogP contribution is -2.27. The summed E-state index contributed by atoms with van der Waals surface area (Å²) >= 11 is 1.15. The summed E-state index contributed by atoms with van der Waals surface area (Å²) in [7, 11) is 0. The highest BCUT2D eigenvalue weighted by molar-refractivity contribution is 7.11. The topological polar surface area (TPSA) is 103 Å². The summed E-state index contributed by atoms with van der Waals surface area (Å²) in [5.74, 6) is -0.177. The minimum Gasteiger partial charge on any atom is -0.391 e. The fourth-order valence-electron chi connectivity index (χ4n) is 1.25. The van der Waals surface area contributed by atoms with E-state index in [0.29, 0.717) is 16.4 Å². The van der Waals surface area contributed by atoms with Crippen LogP contribution in [-0.4, -0.2) is 38.9 Å². The van der Waals surface area contributed by atoms with Gasteiger partial charge in [0.05, 0.1) is 17.6 Å². The van der Waals surface area contributed by atoms with E-state index in [4.69, 9.17) is 5.11 Å². The molecule has 0 aliphatic carbocycles. The van der Waals surface area contributed by atoms with Crippen molar-refractivity contribution in [1.82, 2.24) is 10.3 Å². The van der Waals surface area contributed by atoms with Crippen molar-refractivity contribution in [2.24, 2.45) is 0 Å². The number of carbonyl (C=O) groups excluding carboxylic acids is 1. The molecule has 0 aliphatic rings. The Morgan fingerprint density at radius 1 is 1.59 bits per heavy atom. The average Bonchev–Trinajstić information content (AvgIpc) is 2.75. The summed E-state index contributed by atoms with van der Waals surface area (Å²) in [6.07, 6.45) is -0.368. The fraction of sp³-hybridized carbons (Fsp3) is 0.600. The van der Waals surface area contributed by atoms with Gasteiger partial charge in [0.25, 0.3) is 0 Å². The molecule has 1 rings (SSSR count). The lowest BCUT2D eigenvalue weighted by Gasteiger charge is -2.15. The van der Waals surface area contributed by atoms with Gasteiger partial charge in [0.15, 0.2) is 0 Å². The molecule has 2 atom stereocenters. The molecule has 0 bridgehead atoms. The summed E-state index contributed by atoms with van der Waals surface area (Å²) < 4.78 is 0. The maximum Gasteiger partial charge on any atom is 0.216 e. The average molecular weight is 260 g/mol. The molecule has 0 saturated carbocycles. The standard InChI is InChI=1S/C10H16N2O4S/c1-6(14)11-3-2-8(15)9(16)10-12-4-7(5-13)17-10/h4,8-9,13,15-16H,2-3,5H2,1H3,(H,11,14). The lowest BCUT2D eigenvalue weighted by atomic mass is 10.1. The lowest BCUT2D eigenvalue weighted by molar-refractivity contribution is -0.119. The minimum absolute atomic E-state index is 0.133. The Bertz CT molecular complexity index is 369. The number of aromatic nitrogens is 1. The number of hydrogen-bond acceptors (Lipinski definition) is 6. The van der Waals surface area contributed by atoms with Crippen LogP contribution in [0.2, 0.25) is 0 Å². The number of rotatable bonds is 6. The molecule has 6 nitrogen and oxygen atoms in total. The van der Waals surface area contributed by atoms with Crippen molar-refractivity contribution in [3.05, 3.63) is 16.1 Å². The summed E-state index contributed by atoms with van der Waals surface area (Å²) in [4.78, 5) is 15.2. The molecule has 0 aromatic carbocycles. The van der Waals surface area contributed by atoms with E-state index in [0.717, 1.165) is 11.3 Å². The Balaban J connectivity index is 2.45. The third kappa shape index (κ3) is 4.39. The zero-order chi connectivity index (χ0) is 12.8. The van der Waals surface area contributed by atoms with Crippen molar-refractivity contribution in [2.75, 3.05) is 6.54 Å². The van der Waals surface area contributed by atoms with Crippen molar-refractivity contribution >= 4 is 17.2 Å². The maximum atomic E-state index is 10.6. The van der Waals surface area contributed by atoms with E-state index in [2.05, 4.69) is 10.3 Å². The number of nitrogens with zero attached hydrogens (tertiary/aromatic N) is 1. The molecule has 17 heavy (non-hydrogen) atoms. The molecule has 1 heterocycles. The first-order valence-electron chi connectivity index (χ1n) is 5.20. The second-order valence-corrected chi connectivity index (χ2v) is 4.75. The van der Waals surface area contributed by atoms with Gasteiger partial charge >= 0.3 is 0 Å². The third-order valence-corrected chi connectivity index (χ3v) is 3.21. The van der Waals surface area contributed by atoms with E-state index in [-0.39, 0.29) is 18.9 Å². The highest BCUT2D eigenvalue weighted by Crippen LogP contribution is 2.23. The van der Waals surface area contributed by atoms with Gasteiger partial charge in [-0.1, -0.05) is 0 Å². The van der Waals surface area contributed by atoms with Crippen molar-refractivity contribution in [3.63, 3.8) is 0 Å². The highest BCUT2D eigenvalue weighted by atomic mass is 32.1. The van der Waals surface area contributed by atoms with Gasteiger partial charge in [0, 0.05) is 19.7 Å². The summed E-state index contributed by atoms with van der Waals surface area (Å²) in [6, 6.07) is 0. The molecule has 7 heteroatoms. The first-order chi connectivity index (χ1) is 8.04. The Morgan fingerprint density at radius 2 is 2.29 bits per heavy atom. The van der Waals surface area contributed by atoms with Crippen LogP contribution in [-0.2, 0) is 11.4 Å². The van der Waals surface area contributed by atoms with Crippen LogP contribution in [0.15, 0.2) is 6.20 Å². The van der Waals surface area contributed by atoms with Crippen molar-refractivity contribution in [3.8, 4) is 0 Å². The van der Waals surface area contributed by atoms with Gasteiger partial charge in [-0.05, 0) is 6.42 Å². The van der Waals surface area contributed by atoms with Crippen LogP contribution in [0, 0.1) is 0 Å². The minimum atomic E-state index is -1.09. The Labute approximate surface area is 103 Å². The largest absolute Gasteiger partial charge is 0.391 e. The van der Waals surface area contributed by atoms with Crippen LogP contribution in [0.3, 0.4) is 0 Å². The number of amides is 1. The fourth-order valence-corrected chi connectivity index (χ4v) is 2.07. The van der Waals surface area contributed by atoms with E-state index >= 15 is 0 Å². The van der Waals surface area contributed by atoms with Gasteiger partial charge in [-0.2, -0.15) is 0 Å². The molecule has 1 aromatic rings. The maximum absolute atomic E-state index is 10.6. The van der Waals surface area contributed by atoms with E-state index in [1.54, 1.807) is 0 Å². The third-order valence-electron chi connectivity index (χ3n) is 2.16. The van der Waals surface area contributed by atoms with E-state index < -0.39 is 12.2 Å². The zero-order valence-electron chi connectivity index (χ0n) is 9.46. The first kappa shape index (κ1) is 14.0.